The van der Waals surface area contributed by atoms with Gasteiger partial charge < -0.3 is 5.11 Å². The van der Waals surface area contributed by atoms with E-state index in [1.807, 2.05) is 6.07 Å². The van der Waals surface area contributed by atoms with Gasteiger partial charge >= 0.3 is 5.97 Å². The average molecular weight is 262 g/mol. The molecule has 0 amide bonds. The van der Waals surface area contributed by atoms with Crippen LogP contribution in [0.25, 0.3) is 0 Å². The van der Waals surface area contributed by atoms with Crippen LogP contribution in [0.5, 0.6) is 0 Å². The van der Waals surface area contributed by atoms with E-state index in [-0.39, 0.29) is 6.42 Å². The third-order valence-corrected chi connectivity index (χ3v) is 3.20. The normalized spacial score (nSPS) is 10.3. The summed E-state index contributed by atoms with van der Waals surface area (Å²) in [5.74, 6) is -1.97. The highest BCUT2D eigenvalue weighted by Gasteiger charge is 2.09. The van der Waals surface area contributed by atoms with Crippen LogP contribution in [0.4, 0.5) is 0 Å². The van der Waals surface area contributed by atoms with Gasteiger partial charge in [0.1, 0.15) is 0 Å². The molecule has 0 fully saturated rings. The number of carboxylic acids is 1. The Morgan fingerprint density at radius 2 is 1.42 bits per heavy atom. The second kappa shape index (κ2) is 9.31. The lowest BCUT2D eigenvalue weighted by Gasteiger charge is -2.02. The van der Waals surface area contributed by atoms with Gasteiger partial charge in [-0.1, -0.05) is 56.0 Å². The predicted molar refractivity (Wildman–Crippen MR) is 75.1 cm³/mol. The van der Waals surface area contributed by atoms with Crippen molar-refractivity contribution >= 4 is 11.8 Å². The van der Waals surface area contributed by atoms with Crippen molar-refractivity contribution in [2.45, 2.75) is 51.4 Å². The minimum absolute atomic E-state index is 0.180. The fourth-order valence-electron chi connectivity index (χ4n) is 2.07. The number of rotatable bonds is 10. The number of carbonyl (C=O) groups is 2. The summed E-state index contributed by atoms with van der Waals surface area (Å²) in [6, 6.07) is 10.5. The molecule has 0 unspecified atom stereocenters. The van der Waals surface area contributed by atoms with Gasteiger partial charge in [0.2, 0.25) is 5.78 Å². The fraction of sp³-hybridized carbons (Fsp3) is 0.500. The molecule has 0 aromatic heterocycles. The molecular weight excluding hydrogens is 240 g/mol. The number of aryl methyl sites for hydroxylation is 1. The van der Waals surface area contributed by atoms with Crippen molar-refractivity contribution in [1.29, 1.82) is 0 Å². The van der Waals surface area contributed by atoms with E-state index < -0.39 is 11.8 Å². The monoisotopic (exact) mass is 262 g/mol. The molecule has 0 spiro atoms. The van der Waals surface area contributed by atoms with E-state index in [0.717, 1.165) is 25.7 Å². The molecule has 0 aliphatic heterocycles. The highest BCUT2D eigenvalue weighted by molar-refractivity contribution is 6.32. The van der Waals surface area contributed by atoms with Gasteiger partial charge in [0.15, 0.2) is 0 Å². The lowest BCUT2D eigenvalue weighted by molar-refractivity contribution is -0.149. The summed E-state index contributed by atoms with van der Waals surface area (Å²) in [7, 11) is 0. The number of benzene rings is 1. The Morgan fingerprint density at radius 3 is 2.05 bits per heavy atom. The number of aliphatic carboxylic acids is 1. The van der Waals surface area contributed by atoms with Crippen LogP contribution >= 0.6 is 0 Å². The van der Waals surface area contributed by atoms with E-state index in [2.05, 4.69) is 24.3 Å². The van der Waals surface area contributed by atoms with Crippen LogP contribution in [0, 0.1) is 0 Å². The van der Waals surface area contributed by atoms with Crippen LogP contribution in [-0.2, 0) is 16.0 Å². The summed E-state index contributed by atoms with van der Waals surface area (Å²) in [5, 5.41) is 8.41. The van der Waals surface area contributed by atoms with Gasteiger partial charge in [-0.25, -0.2) is 4.79 Å². The first-order valence-electron chi connectivity index (χ1n) is 7.00. The third-order valence-electron chi connectivity index (χ3n) is 3.20. The summed E-state index contributed by atoms with van der Waals surface area (Å²) in [6.45, 7) is 0. The molecule has 1 aromatic carbocycles. The highest BCUT2D eigenvalue weighted by Crippen LogP contribution is 2.10. The number of ketones is 1. The van der Waals surface area contributed by atoms with Gasteiger partial charge in [0, 0.05) is 6.42 Å². The number of carboxylic acid groups (broad SMARTS) is 1. The Bertz CT molecular complexity index is 384. The lowest BCUT2D eigenvalue weighted by Crippen LogP contribution is -2.11. The molecule has 0 radical (unpaired) electrons. The molecule has 1 rings (SSSR count). The smallest absolute Gasteiger partial charge is 0.372 e. The zero-order valence-electron chi connectivity index (χ0n) is 11.3. The van der Waals surface area contributed by atoms with Crippen molar-refractivity contribution in [1.82, 2.24) is 0 Å². The van der Waals surface area contributed by atoms with Crippen LogP contribution in [0.1, 0.15) is 50.5 Å². The molecule has 19 heavy (non-hydrogen) atoms. The summed E-state index contributed by atoms with van der Waals surface area (Å²) >= 11 is 0. The minimum atomic E-state index is -1.30. The van der Waals surface area contributed by atoms with Crippen molar-refractivity contribution in [3.63, 3.8) is 0 Å². The molecule has 1 aromatic rings. The molecule has 0 aliphatic carbocycles. The zero-order valence-corrected chi connectivity index (χ0v) is 11.3. The third kappa shape index (κ3) is 7.39. The van der Waals surface area contributed by atoms with Gasteiger partial charge in [0.25, 0.3) is 0 Å². The topological polar surface area (TPSA) is 54.4 Å². The lowest BCUT2D eigenvalue weighted by atomic mass is 10.0. The SMILES string of the molecule is O=C(O)C(=O)CCCCCCCCc1ccccc1. The van der Waals surface area contributed by atoms with E-state index in [1.165, 1.54) is 18.4 Å². The van der Waals surface area contributed by atoms with Crippen molar-refractivity contribution in [2.75, 3.05) is 0 Å². The predicted octanol–water partition coefficient (Wildman–Crippen LogP) is 3.61. The molecular formula is C16H22O3. The van der Waals surface area contributed by atoms with Crippen LogP contribution in [-0.4, -0.2) is 16.9 Å². The van der Waals surface area contributed by atoms with E-state index in [0.29, 0.717) is 6.42 Å². The van der Waals surface area contributed by atoms with E-state index in [4.69, 9.17) is 5.11 Å². The second-order valence-electron chi connectivity index (χ2n) is 4.84. The van der Waals surface area contributed by atoms with Crippen molar-refractivity contribution in [2.24, 2.45) is 0 Å². The first kappa shape index (κ1) is 15.4. The first-order valence-corrected chi connectivity index (χ1v) is 7.00. The van der Waals surface area contributed by atoms with Crippen LogP contribution < -0.4 is 0 Å². The van der Waals surface area contributed by atoms with Gasteiger partial charge in [-0.15, -0.1) is 0 Å². The molecule has 3 nitrogen and oxygen atoms in total. The van der Waals surface area contributed by atoms with Gasteiger partial charge in [0.05, 0.1) is 0 Å². The Labute approximate surface area is 114 Å². The molecule has 3 heteroatoms. The average Bonchev–Trinajstić information content (AvgIpc) is 2.42. The van der Waals surface area contributed by atoms with Crippen molar-refractivity contribution < 1.29 is 14.7 Å². The summed E-state index contributed by atoms with van der Waals surface area (Å²) in [4.78, 5) is 21.1. The second-order valence-corrected chi connectivity index (χ2v) is 4.84. The number of unbranched alkanes of at least 4 members (excludes halogenated alkanes) is 5. The Hall–Kier alpha value is -1.64. The molecule has 0 atom stereocenters. The summed E-state index contributed by atoms with van der Waals surface area (Å²) in [6.07, 6.45) is 7.58. The molecule has 1 N–H and O–H groups in total. The van der Waals surface area contributed by atoms with Crippen molar-refractivity contribution in [3.05, 3.63) is 35.9 Å². The van der Waals surface area contributed by atoms with E-state index in [1.54, 1.807) is 0 Å². The minimum Gasteiger partial charge on any atom is -0.476 e. The number of hydrogen-bond donors (Lipinski definition) is 1. The molecule has 0 saturated heterocycles. The maximum absolute atomic E-state index is 10.8. The Morgan fingerprint density at radius 1 is 0.842 bits per heavy atom. The quantitative estimate of drug-likeness (QED) is 0.517. The summed E-state index contributed by atoms with van der Waals surface area (Å²) < 4.78 is 0. The van der Waals surface area contributed by atoms with Crippen LogP contribution in [0.2, 0.25) is 0 Å². The molecule has 104 valence electrons. The van der Waals surface area contributed by atoms with Gasteiger partial charge in [-0.05, 0) is 24.8 Å². The molecule has 0 heterocycles. The van der Waals surface area contributed by atoms with E-state index in [9.17, 15) is 9.59 Å². The van der Waals surface area contributed by atoms with E-state index >= 15 is 0 Å². The number of Topliss-reactive ketones (excluding diaryl/α,β-unsaturated/α-hetero) is 1. The molecule has 0 saturated carbocycles. The highest BCUT2D eigenvalue weighted by atomic mass is 16.4. The largest absolute Gasteiger partial charge is 0.476 e. The maximum Gasteiger partial charge on any atom is 0.372 e. The van der Waals surface area contributed by atoms with Crippen LogP contribution in [0.3, 0.4) is 0 Å². The Balaban J connectivity index is 1.92. The zero-order chi connectivity index (χ0) is 13.9. The number of hydrogen-bond acceptors (Lipinski definition) is 2. The summed E-state index contributed by atoms with van der Waals surface area (Å²) in [5.41, 5.74) is 1.38. The Kier molecular flexibility index (Phi) is 7.56. The van der Waals surface area contributed by atoms with Crippen molar-refractivity contribution in [3.8, 4) is 0 Å². The first-order chi connectivity index (χ1) is 9.20. The standard InChI is InChI=1S/C16H22O3/c17-15(16(18)19)13-9-4-2-1-3-6-10-14-11-7-5-8-12-14/h5,7-8,11-12H,1-4,6,9-10,13H2,(H,18,19). The number of carbonyl (C=O) groups excluding carboxylic acids is 1. The van der Waals surface area contributed by atoms with Crippen LogP contribution in [0.15, 0.2) is 30.3 Å². The fourth-order valence-corrected chi connectivity index (χ4v) is 2.07. The van der Waals surface area contributed by atoms with Gasteiger partial charge in [-0.2, -0.15) is 0 Å². The van der Waals surface area contributed by atoms with Gasteiger partial charge in [-0.3, -0.25) is 4.79 Å². The molecule has 0 bridgehead atoms. The maximum atomic E-state index is 10.8. The molecule has 0 aliphatic rings.